The zero-order chi connectivity index (χ0) is 25.6. The predicted octanol–water partition coefficient (Wildman–Crippen LogP) is 4.66. The molecule has 37 heavy (non-hydrogen) atoms. The van der Waals surface area contributed by atoms with Gasteiger partial charge in [0, 0.05) is 37.6 Å². The van der Waals surface area contributed by atoms with E-state index in [4.69, 9.17) is 4.74 Å². The van der Waals surface area contributed by atoms with Crippen molar-refractivity contribution in [2.75, 3.05) is 32.7 Å². The molecule has 1 aromatic heterocycles. The number of aliphatic hydroxyl groups is 1. The van der Waals surface area contributed by atoms with Gasteiger partial charge in [-0.1, -0.05) is 66.2 Å². The lowest BCUT2D eigenvalue weighted by Gasteiger charge is -2.25. The normalized spacial score (nSPS) is 15.9. The molecule has 5 rings (SSSR count). The highest BCUT2D eigenvalue weighted by Crippen LogP contribution is 2.31. The first-order valence-electron chi connectivity index (χ1n) is 13.1. The number of nitrogens with zero attached hydrogens (tertiary/aromatic N) is 2. The SMILES string of the molecule is Cc1ccc(CN2CCCN(C[C@H](O)c3ccc(OCc4ccccc4)c4[nH]c(=O)ccc34)CC2)cc1. The third-order valence-corrected chi connectivity index (χ3v) is 7.13. The van der Waals surface area contributed by atoms with Gasteiger partial charge in [0.25, 0.3) is 0 Å². The van der Waals surface area contributed by atoms with E-state index < -0.39 is 6.10 Å². The number of aromatic nitrogens is 1. The number of ether oxygens (including phenoxy) is 1. The smallest absolute Gasteiger partial charge is 0.248 e. The van der Waals surface area contributed by atoms with Crippen molar-refractivity contribution in [3.8, 4) is 5.75 Å². The Hall–Kier alpha value is -3.45. The Labute approximate surface area is 218 Å². The Morgan fingerprint density at radius 2 is 1.62 bits per heavy atom. The molecule has 1 atom stereocenters. The number of benzene rings is 3. The van der Waals surface area contributed by atoms with E-state index in [1.54, 1.807) is 6.07 Å². The summed E-state index contributed by atoms with van der Waals surface area (Å²) in [5.74, 6) is 0.606. The molecule has 192 valence electrons. The fraction of sp³-hybridized carbons (Fsp3) is 0.323. The van der Waals surface area contributed by atoms with Gasteiger partial charge in [-0.05, 0) is 55.3 Å². The van der Waals surface area contributed by atoms with Gasteiger partial charge < -0.3 is 14.8 Å². The van der Waals surface area contributed by atoms with Crippen LogP contribution in [0.4, 0.5) is 0 Å². The lowest BCUT2D eigenvalue weighted by atomic mass is 10.0. The van der Waals surface area contributed by atoms with Gasteiger partial charge in [0.05, 0.1) is 11.6 Å². The van der Waals surface area contributed by atoms with Crippen LogP contribution in [0.5, 0.6) is 5.75 Å². The van der Waals surface area contributed by atoms with Crippen LogP contribution in [0, 0.1) is 6.92 Å². The van der Waals surface area contributed by atoms with Crippen molar-refractivity contribution >= 4 is 10.9 Å². The maximum absolute atomic E-state index is 12.1. The van der Waals surface area contributed by atoms with E-state index in [0.717, 1.165) is 55.7 Å². The van der Waals surface area contributed by atoms with E-state index in [2.05, 4.69) is 46.0 Å². The summed E-state index contributed by atoms with van der Waals surface area (Å²) in [4.78, 5) is 19.9. The predicted molar refractivity (Wildman–Crippen MR) is 148 cm³/mol. The molecule has 1 saturated heterocycles. The van der Waals surface area contributed by atoms with E-state index in [-0.39, 0.29) is 5.56 Å². The summed E-state index contributed by atoms with van der Waals surface area (Å²) in [6, 6.07) is 25.8. The first kappa shape index (κ1) is 25.2. The van der Waals surface area contributed by atoms with Crippen LogP contribution in [-0.4, -0.2) is 52.6 Å². The summed E-state index contributed by atoms with van der Waals surface area (Å²) in [6.45, 7) is 7.92. The molecule has 1 aliphatic heterocycles. The number of aliphatic hydroxyl groups excluding tert-OH is 1. The maximum atomic E-state index is 12.1. The van der Waals surface area contributed by atoms with E-state index >= 15 is 0 Å². The third kappa shape index (κ3) is 6.46. The van der Waals surface area contributed by atoms with Crippen molar-refractivity contribution in [3.63, 3.8) is 0 Å². The fourth-order valence-electron chi connectivity index (χ4n) is 5.05. The number of nitrogens with one attached hydrogen (secondary N) is 1. The van der Waals surface area contributed by atoms with Crippen molar-refractivity contribution in [3.05, 3.63) is 111 Å². The number of H-pyrrole nitrogens is 1. The minimum atomic E-state index is -0.666. The highest BCUT2D eigenvalue weighted by atomic mass is 16.5. The van der Waals surface area contributed by atoms with Crippen LogP contribution >= 0.6 is 0 Å². The summed E-state index contributed by atoms with van der Waals surface area (Å²) >= 11 is 0. The molecule has 0 bridgehead atoms. The molecule has 4 aromatic rings. The van der Waals surface area contributed by atoms with Crippen molar-refractivity contribution in [1.82, 2.24) is 14.8 Å². The first-order chi connectivity index (χ1) is 18.0. The van der Waals surface area contributed by atoms with E-state index in [1.165, 1.54) is 17.2 Å². The molecular weight excluding hydrogens is 462 g/mol. The van der Waals surface area contributed by atoms with Crippen LogP contribution in [0.15, 0.2) is 83.7 Å². The molecule has 6 heteroatoms. The number of β-amino-alcohol motifs (C(OH)–C–C–N with tert-alkyl or cyclic N) is 1. The highest BCUT2D eigenvalue weighted by molar-refractivity contribution is 5.87. The van der Waals surface area contributed by atoms with Gasteiger partial charge in [0.15, 0.2) is 0 Å². The molecule has 3 aromatic carbocycles. The Morgan fingerprint density at radius 3 is 2.43 bits per heavy atom. The Morgan fingerprint density at radius 1 is 0.865 bits per heavy atom. The van der Waals surface area contributed by atoms with Gasteiger partial charge in [0.2, 0.25) is 5.56 Å². The lowest BCUT2D eigenvalue weighted by Crippen LogP contribution is -2.33. The van der Waals surface area contributed by atoms with Gasteiger partial charge in [-0.25, -0.2) is 0 Å². The largest absolute Gasteiger partial charge is 0.487 e. The zero-order valence-corrected chi connectivity index (χ0v) is 21.4. The average Bonchev–Trinajstić information content (AvgIpc) is 3.13. The van der Waals surface area contributed by atoms with Gasteiger partial charge in [-0.2, -0.15) is 0 Å². The summed E-state index contributed by atoms with van der Waals surface area (Å²) in [5, 5.41) is 12.1. The molecule has 0 spiro atoms. The van der Waals surface area contributed by atoms with Crippen LogP contribution in [0.1, 0.15) is 34.8 Å². The molecular formula is C31H35N3O3. The molecule has 0 radical (unpaired) electrons. The second kappa shape index (κ2) is 11.7. The molecule has 2 heterocycles. The van der Waals surface area contributed by atoms with Gasteiger partial charge in [-0.15, -0.1) is 0 Å². The Balaban J connectivity index is 1.26. The molecule has 0 amide bonds. The van der Waals surface area contributed by atoms with Crippen LogP contribution < -0.4 is 10.3 Å². The number of aryl methyl sites for hydroxylation is 1. The summed E-state index contributed by atoms with van der Waals surface area (Å²) in [6.07, 6.45) is 0.402. The van der Waals surface area contributed by atoms with E-state index in [0.29, 0.717) is 24.4 Å². The number of rotatable bonds is 8. The lowest BCUT2D eigenvalue weighted by molar-refractivity contribution is 0.115. The first-order valence-corrected chi connectivity index (χ1v) is 13.1. The van der Waals surface area contributed by atoms with Crippen LogP contribution in [0.2, 0.25) is 0 Å². The highest BCUT2D eigenvalue weighted by Gasteiger charge is 2.21. The Bertz CT molecular complexity index is 1370. The minimum absolute atomic E-state index is 0.190. The minimum Gasteiger partial charge on any atom is -0.487 e. The van der Waals surface area contributed by atoms with Crippen LogP contribution in [0.25, 0.3) is 10.9 Å². The summed E-state index contributed by atoms with van der Waals surface area (Å²) in [5.41, 5.74) is 4.92. The quantitative estimate of drug-likeness (QED) is 0.371. The van der Waals surface area contributed by atoms with E-state index in [1.807, 2.05) is 42.5 Å². The number of hydrogen-bond donors (Lipinski definition) is 2. The number of pyridine rings is 1. The molecule has 1 aliphatic rings. The maximum Gasteiger partial charge on any atom is 0.248 e. The monoisotopic (exact) mass is 497 g/mol. The van der Waals surface area contributed by atoms with Crippen molar-refractivity contribution in [1.29, 1.82) is 0 Å². The average molecular weight is 498 g/mol. The fourth-order valence-corrected chi connectivity index (χ4v) is 5.05. The van der Waals surface area contributed by atoms with Gasteiger partial charge >= 0.3 is 0 Å². The second-order valence-corrected chi connectivity index (χ2v) is 9.97. The second-order valence-electron chi connectivity index (χ2n) is 9.97. The third-order valence-electron chi connectivity index (χ3n) is 7.13. The van der Waals surface area contributed by atoms with E-state index in [9.17, 15) is 9.90 Å². The number of hydrogen-bond acceptors (Lipinski definition) is 5. The molecule has 6 nitrogen and oxygen atoms in total. The molecule has 2 N–H and O–H groups in total. The van der Waals surface area contributed by atoms with Gasteiger partial charge in [0.1, 0.15) is 12.4 Å². The topological polar surface area (TPSA) is 68.8 Å². The van der Waals surface area contributed by atoms with Crippen LogP contribution in [-0.2, 0) is 13.2 Å². The molecule has 0 aliphatic carbocycles. The Kier molecular flexibility index (Phi) is 7.99. The van der Waals surface area contributed by atoms with Crippen molar-refractivity contribution < 1.29 is 9.84 Å². The summed E-state index contributed by atoms with van der Waals surface area (Å²) < 4.78 is 6.06. The van der Waals surface area contributed by atoms with Crippen LogP contribution in [0.3, 0.4) is 0 Å². The van der Waals surface area contributed by atoms with Gasteiger partial charge in [-0.3, -0.25) is 14.6 Å². The number of fused-ring (bicyclic) bond motifs is 1. The standard InChI is InChI=1S/C31H35N3O3/c1-23-8-10-24(11-9-23)20-33-16-5-17-34(19-18-33)21-28(35)26-12-14-29(31-27(26)13-15-30(36)32-31)37-22-25-6-3-2-4-7-25/h2-4,6-15,28,35H,5,16-22H2,1H3,(H,32,36)/t28-/m0/s1. The van der Waals surface area contributed by atoms with Crippen molar-refractivity contribution in [2.45, 2.75) is 32.6 Å². The van der Waals surface area contributed by atoms with Crippen molar-refractivity contribution in [2.24, 2.45) is 0 Å². The molecule has 0 saturated carbocycles. The molecule has 1 fully saturated rings. The number of aromatic amines is 1. The summed E-state index contributed by atoms with van der Waals surface area (Å²) in [7, 11) is 0. The zero-order valence-electron chi connectivity index (χ0n) is 21.4. The molecule has 0 unspecified atom stereocenters.